The molecule has 0 radical (unpaired) electrons. The largest absolute Gasteiger partial charge is 0.379 e. The number of hydrogen-bond acceptors (Lipinski definition) is 5. The zero-order valence-electron chi connectivity index (χ0n) is 22.8. The molecule has 1 N–H and O–H groups in total. The number of benzene rings is 3. The van der Waals surface area contributed by atoms with Gasteiger partial charge in [0.1, 0.15) is 5.65 Å². The highest BCUT2D eigenvalue weighted by Crippen LogP contribution is 2.30. The molecule has 0 unspecified atom stereocenters. The highest BCUT2D eigenvalue weighted by molar-refractivity contribution is 9.10. The summed E-state index contributed by atoms with van der Waals surface area (Å²) in [4.78, 5) is 34.0. The van der Waals surface area contributed by atoms with E-state index in [1.165, 1.54) is 0 Å². The highest BCUT2D eigenvalue weighted by atomic mass is 79.9. The first-order valence-electron chi connectivity index (χ1n) is 13.7. The van der Waals surface area contributed by atoms with E-state index in [1.54, 1.807) is 34.7 Å². The van der Waals surface area contributed by atoms with Crippen molar-refractivity contribution in [2.75, 3.05) is 25.5 Å². The van der Waals surface area contributed by atoms with E-state index in [0.29, 0.717) is 47.7 Å². The van der Waals surface area contributed by atoms with E-state index < -0.39 is 0 Å². The molecule has 5 aromatic rings. The SMILES string of the molecule is CN=C1CNc2cc(-n3c(=O)c4c(n5ncc(Cc6ccccc6)c35)CN(C(=O)c3ccc(Br)c(Cl)c3)CC4)ccc21. The van der Waals surface area contributed by atoms with Gasteiger partial charge in [-0.2, -0.15) is 5.10 Å². The van der Waals surface area contributed by atoms with Crippen LogP contribution in [0.3, 0.4) is 0 Å². The minimum absolute atomic E-state index is 0.0894. The second-order valence-corrected chi connectivity index (χ2v) is 11.8. The molecule has 0 saturated heterocycles. The van der Waals surface area contributed by atoms with Gasteiger partial charge in [0.25, 0.3) is 11.5 Å². The van der Waals surface area contributed by atoms with Crippen LogP contribution in [0.5, 0.6) is 0 Å². The van der Waals surface area contributed by atoms with Gasteiger partial charge in [0, 0.05) is 52.4 Å². The fourth-order valence-electron chi connectivity index (χ4n) is 5.92. The summed E-state index contributed by atoms with van der Waals surface area (Å²) >= 11 is 9.68. The van der Waals surface area contributed by atoms with Crippen molar-refractivity contribution in [2.45, 2.75) is 19.4 Å². The fraction of sp³-hybridized carbons (Fsp3) is 0.188. The lowest BCUT2D eigenvalue weighted by molar-refractivity contribution is 0.0729. The van der Waals surface area contributed by atoms with Gasteiger partial charge in [-0.3, -0.25) is 19.1 Å². The van der Waals surface area contributed by atoms with Crippen LogP contribution in [-0.4, -0.2) is 50.8 Å². The van der Waals surface area contributed by atoms with Crippen molar-refractivity contribution in [3.05, 3.63) is 126 Å². The molecule has 10 heteroatoms. The molecule has 3 aromatic carbocycles. The Morgan fingerprint density at radius 1 is 1.12 bits per heavy atom. The predicted molar refractivity (Wildman–Crippen MR) is 169 cm³/mol. The molecule has 0 fully saturated rings. The molecule has 0 aliphatic carbocycles. The van der Waals surface area contributed by atoms with E-state index in [4.69, 9.17) is 16.7 Å². The van der Waals surface area contributed by atoms with Crippen LogP contribution < -0.4 is 10.9 Å². The molecule has 0 spiro atoms. The molecule has 2 aromatic heterocycles. The number of aliphatic imine (C=N–C) groups is 1. The number of halogens is 2. The standard InChI is InChI=1S/C32H26BrClN6O2/c1-35-28-17-36-27-15-22(8-9-23(27)28)39-30-21(13-19-5-3-2-4-6-19)16-37-40(30)29-18-38(12-11-24(29)32(39)42)31(41)20-7-10-25(33)26(34)14-20/h2-10,14-16,36H,11-13,17-18H2,1H3. The molecule has 7 rings (SSSR count). The zero-order valence-corrected chi connectivity index (χ0v) is 25.1. The van der Waals surface area contributed by atoms with Gasteiger partial charge in [-0.1, -0.05) is 41.9 Å². The van der Waals surface area contributed by atoms with Gasteiger partial charge in [-0.05, 0) is 64.3 Å². The second kappa shape index (κ2) is 10.6. The number of carbonyl (C=O) groups excluding carboxylic acids is 1. The number of fused-ring (bicyclic) bond motifs is 4. The average molecular weight is 642 g/mol. The molecule has 210 valence electrons. The molecule has 1 amide bonds. The summed E-state index contributed by atoms with van der Waals surface area (Å²) in [7, 11) is 1.79. The maximum absolute atomic E-state index is 14.3. The normalized spacial score (nSPS) is 15.1. The highest BCUT2D eigenvalue weighted by Gasteiger charge is 2.30. The van der Waals surface area contributed by atoms with Crippen molar-refractivity contribution in [1.82, 2.24) is 19.1 Å². The molecular formula is C32H26BrClN6O2. The molecule has 8 nitrogen and oxygen atoms in total. The lowest BCUT2D eigenvalue weighted by atomic mass is 10.0. The Kier molecular flexibility index (Phi) is 6.71. The number of carbonyl (C=O) groups is 1. The Morgan fingerprint density at radius 2 is 1.95 bits per heavy atom. The third-order valence-corrected chi connectivity index (χ3v) is 9.28. The van der Waals surface area contributed by atoms with E-state index >= 15 is 0 Å². The number of nitrogens with zero attached hydrogens (tertiary/aromatic N) is 5. The molecule has 0 atom stereocenters. The summed E-state index contributed by atoms with van der Waals surface area (Å²) in [5.74, 6) is -0.137. The number of rotatable bonds is 4. The van der Waals surface area contributed by atoms with E-state index in [-0.39, 0.29) is 18.0 Å². The maximum atomic E-state index is 14.3. The summed E-state index contributed by atoms with van der Waals surface area (Å²) in [5, 5.41) is 8.68. The Labute approximate surface area is 255 Å². The van der Waals surface area contributed by atoms with Crippen molar-refractivity contribution >= 4 is 50.5 Å². The van der Waals surface area contributed by atoms with Crippen molar-refractivity contribution < 1.29 is 4.79 Å². The number of hydrogen-bond donors (Lipinski definition) is 1. The lowest BCUT2D eigenvalue weighted by Crippen LogP contribution is -2.41. The first-order chi connectivity index (χ1) is 20.4. The van der Waals surface area contributed by atoms with Crippen LogP contribution >= 0.6 is 27.5 Å². The minimum atomic E-state index is -0.137. The van der Waals surface area contributed by atoms with Gasteiger partial charge >= 0.3 is 0 Å². The third-order valence-electron chi connectivity index (χ3n) is 8.05. The monoisotopic (exact) mass is 640 g/mol. The first-order valence-corrected chi connectivity index (χ1v) is 14.9. The number of amides is 1. The number of nitrogens with one attached hydrogen (secondary N) is 1. The molecule has 0 bridgehead atoms. The van der Waals surface area contributed by atoms with Crippen molar-refractivity contribution in [3.63, 3.8) is 0 Å². The van der Waals surface area contributed by atoms with Crippen molar-refractivity contribution in [1.29, 1.82) is 0 Å². The van der Waals surface area contributed by atoms with Gasteiger partial charge in [0.15, 0.2) is 0 Å². The van der Waals surface area contributed by atoms with Crippen LogP contribution in [0.2, 0.25) is 5.02 Å². The molecule has 2 aliphatic heterocycles. The summed E-state index contributed by atoms with van der Waals surface area (Å²) in [6.45, 7) is 1.34. The van der Waals surface area contributed by atoms with Gasteiger partial charge in [0.05, 0.1) is 41.4 Å². The minimum Gasteiger partial charge on any atom is -0.379 e. The predicted octanol–water partition coefficient (Wildman–Crippen LogP) is 5.53. The van der Waals surface area contributed by atoms with Crippen LogP contribution in [0.1, 0.15) is 38.3 Å². The Balaban J connectivity index is 1.38. The topological polar surface area (TPSA) is 84.0 Å². The van der Waals surface area contributed by atoms with E-state index in [2.05, 4.69) is 38.4 Å². The summed E-state index contributed by atoms with van der Waals surface area (Å²) in [6.07, 6.45) is 2.86. The number of aromatic nitrogens is 3. The first kappa shape index (κ1) is 26.7. The van der Waals surface area contributed by atoms with Crippen LogP contribution in [0.4, 0.5) is 5.69 Å². The molecule has 2 aliphatic rings. The lowest BCUT2D eigenvalue weighted by Gasteiger charge is -2.30. The number of anilines is 1. The summed E-state index contributed by atoms with van der Waals surface area (Å²) in [5.41, 5.74) is 8.29. The van der Waals surface area contributed by atoms with Crippen LogP contribution in [-0.2, 0) is 19.4 Å². The van der Waals surface area contributed by atoms with E-state index in [9.17, 15) is 9.59 Å². The molecule has 4 heterocycles. The Hall–Kier alpha value is -4.21. The molecule has 0 saturated carbocycles. The summed E-state index contributed by atoms with van der Waals surface area (Å²) < 4.78 is 4.36. The van der Waals surface area contributed by atoms with E-state index in [0.717, 1.165) is 43.9 Å². The average Bonchev–Trinajstić information content (AvgIpc) is 3.62. The van der Waals surface area contributed by atoms with Crippen LogP contribution in [0.25, 0.3) is 11.3 Å². The summed E-state index contributed by atoms with van der Waals surface area (Å²) in [6, 6.07) is 21.3. The Bertz CT molecular complexity index is 1980. The van der Waals surface area contributed by atoms with Gasteiger partial charge < -0.3 is 10.2 Å². The third kappa shape index (κ3) is 4.44. The smallest absolute Gasteiger partial charge is 0.261 e. The van der Waals surface area contributed by atoms with Gasteiger partial charge in [-0.15, -0.1) is 0 Å². The van der Waals surface area contributed by atoms with E-state index in [1.807, 2.05) is 47.1 Å². The van der Waals surface area contributed by atoms with Gasteiger partial charge in [-0.25, -0.2) is 4.52 Å². The van der Waals surface area contributed by atoms with Crippen LogP contribution in [0.15, 0.2) is 87.2 Å². The maximum Gasteiger partial charge on any atom is 0.261 e. The zero-order chi connectivity index (χ0) is 29.0. The van der Waals surface area contributed by atoms with Crippen LogP contribution in [0, 0.1) is 0 Å². The molecule has 42 heavy (non-hydrogen) atoms. The second-order valence-electron chi connectivity index (χ2n) is 10.5. The fourth-order valence-corrected chi connectivity index (χ4v) is 6.35. The van der Waals surface area contributed by atoms with Crippen molar-refractivity contribution in [3.8, 4) is 5.69 Å². The van der Waals surface area contributed by atoms with Gasteiger partial charge in [0.2, 0.25) is 0 Å². The quantitative estimate of drug-likeness (QED) is 0.280. The van der Waals surface area contributed by atoms with Crippen molar-refractivity contribution in [2.24, 2.45) is 4.99 Å². The molecular weight excluding hydrogens is 616 g/mol. The Morgan fingerprint density at radius 3 is 2.74 bits per heavy atom.